The Morgan fingerprint density at radius 1 is 1.10 bits per heavy atom. The number of halogens is 1. The molecular weight excluding hydrogens is 288 g/mol. The van der Waals surface area contributed by atoms with Crippen LogP contribution in [0.2, 0.25) is 0 Å². The smallest absolute Gasteiger partial charge is 0.100 e. The average molecular weight is 319 g/mol. The molecular formula is C17H31ClO3. The summed E-state index contributed by atoms with van der Waals surface area (Å²) in [5.74, 6) is 2.13. The molecule has 0 aliphatic heterocycles. The topological polar surface area (TPSA) is 27.7 Å². The van der Waals surface area contributed by atoms with Crippen LogP contribution in [-0.2, 0) is 14.2 Å². The predicted molar refractivity (Wildman–Crippen MR) is 85.9 cm³/mol. The van der Waals surface area contributed by atoms with Crippen LogP contribution in [0.4, 0.5) is 0 Å². The molecule has 0 aromatic heterocycles. The van der Waals surface area contributed by atoms with Gasteiger partial charge in [-0.2, -0.15) is 0 Å². The summed E-state index contributed by atoms with van der Waals surface area (Å²) in [6.45, 7) is 8.18. The fourth-order valence-corrected chi connectivity index (χ4v) is 4.05. The first-order valence-corrected chi connectivity index (χ1v) is 8.86. The molecule has 2 aliphatic carbocycles. The van der Waals surface area contributed by atoms with Gasteiger partial charge in [-0.3, -0.25) is 0 Å². The number of methoxy groups -OCH3 is 1. The fraction of sp³-hybridized carbons (Fsp3) is 1.00. The quantitative estimate of drug-likeness (QED) is 0.527. The van der Waals surface area contributed by atoms with Gasteiger partial charge in [-0.05, 0) is 37.0 Å². The molecule has 2 fully saturated rings. The lowest BCUT2D eigenvalue weighted by Gasteiger charge is -2.46. The summed E-state index contributed by atoms with van der Waals surface area (Å²) in [6, 6.07) is 0. The first-order valence-electron chi connectivity index (χ1n) is 8.43. The van der Waals surface area contributed by atoms with E-state index in [9.17, 15) is 0 Å². The number of rotatable bonds is 7. The molecule has 0 aromatic rings. The number of hydrogen-bond donors (Lipinski definition) is 0. The van der Waals surface area contributed by atoms with Crippen molar-refractivity contribution in [3.05, 3.63) is 0 Å². The van der Waals surface area contributed by atoms with Crippen LogP contribution in [-0.4, -0.2) is 44.0 Å². The van der Waals surface area contributed by atoms with Gasteiger partial charge in [-0.1, -0.05) is 27.2 Å². The number of hydrogen-bond acceptors (Lipinski definition) is 3. The second-order valence-corrected chi connectivity index (χ2v) is 7.68. The Morgan fingerprint density at radius 3 is 2.48 bits per heavy atom. The predicted octanol–water partition coefficient (Wildman–Crippen LogP) is 3.88. The van der Waals surface area contributed by atoms with E-state index in [1.807, 2.05) is 0 Å². The van der Waals surface area contributed by atoms with Crippen molar-refractivity contribution in [2.45, 2.75) is 70.1 Å². The van der Waals surface area contributed by atoms with Gasteiger partial charge >= 0.3 is 0 Å². The van der Waals surface area contributed by atoms with Crippen molar-refractivity contribution in [1.82, 2.24) is 0 Å². The molecule has 4 heteroatoms. The Labute approximate surface area is 134 Å². The van der Waals surface area contributed by atoms with E-state index in [2.05, 4.69) is 20.8 Å². The zero-order chi connectivity index (χ0) is 15.4. The van der Waals surface area contributed by atoms with E-state index in [-0.39, 0.29) is 17.6 Å². The van der Waals surface area contributed by atoms with Gasteiger partial charge < -0.3 is 14.2 Å². The van der Waals surface area contributed by atoms with Crippen LogP contribution in [0.15, 0.2) is 0 Å². The fourth-order valence-electron chi connectivity index (χ4n) is 3.64. The molecule has 0 N–H and O–H groups in total. The van der Waals surface area contributed by atoms with Gasteiger partial charge in [0.15, 0.2) is 0 Å². The largest absolute Gasteiger partial charge is 0.382 e. The standard InChI is InChI=1S/C17H31ClO3/c1-11(2)13-6-5-12(3)9-15(13)21-16-10-14(18)17(16)20-8-7-19-4/h11-17H,5-10H2,1-4H3. The lowest BCUT2D eigenvalue weighted by Crippen LogP contribution is -2.54. The Balaban J connectivity index is 1.86. The second kappa shape index (κ2) is 8.14. The molecule has 0 amide bonds. The third-order valence-corrected chi connectivity index (χ3v) is 5.52. The zero-order valence-corrected chi connectivity index (χ0v) is 14.6. The molecule has 3 nitrogen and oxygen atoms in total. The van der Waals surface area contributed by atoms with Gasteiger partial charge in [0.1, 0.15) is 6.10 Å². The molecule has 2 aliphatic rings. The first kappa shape index (κ1) is 17.5. The molecule has 0 bridgehead atoms. The molecule has 21 heavy (non-hydrogen) atoms. The summed E-state index contributed by atoms with van der Waals surface area (Å²) in [5.41, 5.74) is 0. The Kier molecular flexibility index (Phi) is 6.79. The highest BCUT2D eigenvalue weighted by atomic mass is 35.5. The summed E-state index contributed by atoms with van der Waals surface area (Å²) >= 11 is 6.29. The van der Waals surface area contributed by atoms with E-state index in [1.54, 1.807) is 7.11 Å². The minimum absolute atomic E-state index is 0.0341. The van der Waals surface area contributed by atoms with E-state index in [1.165, 1.54) is 19.3 Å². The van der Waals surface area contributed by atoms with Crippen molar-refractivity contribution in [3.8, 4) is 0 Å². The maximum absolute atomic E-state index is 6.44. The van der Waals surface area contributed by atoms with Gasteiger partial charge in [-0.15, -0.1) is 11.6 Å². The third-order valence-electron chi connectivity index (χ3n) is 5.09. The molecule has 0 aromatic carbocycles. The molecule has 124 valence electrons. The highest BCUT2D eigenvalue weighted by Gasteiger charge is 2.44. The van der Waals surface area contributed by atoms with Gasteiger partial charge in [0.2, 0.25) is 0 Å². The van der Waals surface area contributed by atoms with Crippen LogP contribution >= 0.6 is 11.6 Å². The van der Waals surface area contributed by atoms with Crippen molar-refractivity contribution in [3.63, 3.8) is 0 Å². The zero-order valence-electron chi connectivity index (χ0n) is 13.9. The van der Waals surface area contributed by atoms with Crippen LogP contribution in [0.1, 0.15) is 46.5 Å². The van der Waals surface area contributed by atoms with Crippen LogP contribution < -0.4 is 0 Å². The normalized spacial score (nSPS) is 40.3. The monoisotopic (exact) mass is 318 g/mol. The van der Waals surface area contributed by atoms with Crippen molar-refractivity contribution in [1.29, 1.82) is 0 Å². The molecule has 6 atom stereocenters. The molecule has 0 radical (unpaired) electrons. The van der Waals surface area contributed by atoms with Crippen molar-refractivity contribution < 1.29 is 14.2 Å². The molecule has 0 saturated heterocycles. The lowest BCUT2D eigenvalue weighted by molar-refractivity contribution is -0.175. The lowest BCUT2D eigenvalue weighted by atomic mass is 9.75. The van der Waals surface area contributed by atoms with E-state index in [4.69, 9.17) is 25.8 Å². The number of alkyl halides is 1. The SMILES string of the molecule is COCCOC1C(Cl)CC1OC1CC(C)CCC1C(C)C. The Hall–Kier alpha value is 0.170. The Morgan fingerprint density at radius 2 is 1.86 bits per heavy atom. The van der Waals surface area contributed by atoms with Crippen LogP contribution in [0, 0.1) is 17.8 Å². The Bertz CT molecular complexity index is 310. The van der Waals surface area contributed by atoms with E-state index in [0.29, 0.717) is 31.2 Å². The highest BCUT2D eigenvalue weighted by Crippen LogP contribution is 2.40. The molecule has 2 saturated carbocycles. The summed E-state index contributed by atoms with van der Waals surface area (Å²) < 4.78 is 17.3. The van der Waals surface area contributed by atoms with Crippen LogP contribution in [0.5, 0.6) is 0 Å². The molecule has 0 spiro atoms. The van der Waals surface area contributed by atoms with E-state index < -0.39 is 0 Å². The van der Waals surface area contributed by atoms with Gasteiger partial charge in [0.05, 0.1) is 30.8 Å². The maximum Gasteiger partial charge on any atom is 0.100 e. The van der Waals surface area contributed by atoms with Gasteiger partial charge in [0, 0.05) is 7.11 Å². The summed E-state index contributed by atoms with van der Waals surface area (Å²) in [5, 5.41) is 0.0883. The van der Waals surface area contributed by atoms with Crippen LogP contribution in [0.25, 0.3) is 0 Å². The van der Waals surface area contributed by atoms with Crippen molar-refractivity contribution in [2.24, 2.45) is 17.8 Å². The van der Waals surface area contributed by atoms with E-state index >= 15 is 0 Å². The number of ether oxygens (including phenoxy) is 3. The highest BCUT2D eigenvalue weighted by molar-refractivity contribution is 6.21. The second-order valence-electron chi connectivity index (χ2n) is 7.12. The summed E-state index contributed by atoms with van der Waals surface area (Å²) in [6.07, 6.45) is 5.28. The van der Waals surface area contributed by atoms with Crippen LogP contribution in [0.3, 0.4) is 0 Å². The molecule has 0 heterocycles. The summed E-state index contributed by atoms with van der Waals surface area (Å²) in [4.78, 5) is 0. The molecule has 6 unspecified atom stereocenters. The first-order chi connectivity index (χ1) is 10.0. The van der Waals surface area contributed by atoms with Crippen molar-refractivity contribution >= 4 is 11.6 Å². The van der Waals surface area contributed by atoms with Crippen molar-refractivity contribution in [2.75, 3.05) is 20.3 Å². The minimum atomic E-state index is 0.0341. The summed E-state index contributed by atoms with van der Waals surface area (Å²) in [7, 11) is 1.69. The van der Waals surface area contributed by atoms with Gasteiger partial charge in [-0.25, -0.2) is 0 Å². The van der Waals surface area contributed by atoms with Gasteiger partial charge in [0.25, 0.3) is 0 Å². The maximum atomic E-state index is 6.44. The molecule has 2 rings (SSSR count). The average Bonchev–Trinajstić information content (AvgIpc) is 2.43. The minimum Gasteiger partial charge on any atom is -0.382 e. The van der Waals surface area contributed by atoms with E-state index in [0.717, 1.165) is 12.3 Å². The third kappa shape index (κ3) is 4.57.